The summed E-state index contributed by atoms with van der Waals surface area (Å²) in [4.78, 5) is 6.35. The second-order valence-electron chi connectivity index (χ2n) is 7.17. The number of nitrogens with zero attached hydrogens (tertiary/aromatic N) is 2. The number of rotatable bonds is 4. The molecule has 1 aromatic carbocycles. The lowest BCUT2D eigenvalue weighted by Crippen LogP contribution is -2.48. The van der Waals surface area contributed by atoms with E-state index in [4.69, 9.17) is 16.7 Å². The number of β-amino-alcohol motifs (C(OH)–C–C–N with tert-alkyl or cyclic N) is 1. The number of benzene rings is 1. The molecule has 5 heteroatoms. The topological polar surface area (TPSA) is 26.7 Å². The second-order valence-corrected chi connectivity index (χ2v) is 8.72. The molecule has 1 fully saturated rings. The van der Waals surface area contributed by atoms with Crippen LogP contribution in [0.2, 0.25) is 5.02 Å². The molecular formula is C20H25ClN2OS. The van der Waals surface area contributed by atoms with Crippen molar-refractivity contribution in [2.75, 3.05) is 39.3 Å². The zero-order chi connectivity index (χ0) is 17.4. The molecule has 25 heavy (non-hydrogen) atoms. The fraction of sp³-hybridized carbons (Fsp3) is 0.500. The number of thiophene rings is 1. The Morgan fingerprint density at radius 1 is 1.16 bits per heavy atom. The van der Waals surface area contributed by atoms with Gasteiger partial charge >= 0.3 is 0 Å². The van der Waals surface area contributed by atoms with Gasteiger partial charge in [0.15, 0.2) is 0 Å². The molecule has 1 saturated heterocycles. The third-order valence-electron chi connectivity index (χ3n) is 5.66. The molecular weight excluding hydrogens is 352 g/mol. The highest BCUT2D eigenvalue weighted by Crippen LogP contribution is 2.48. The molecule has 0 bridgehead atoms. The summed E-state index contributed by atoms with van der Waals surface area (Å²) in [5.41, 5.74) is 4.30. The highest BCUT2D eigenvalue weighted by Gasteiger charge is 2.36. The van der Waals surface area contributed by atoms with E-state index in [0.717, 1.165) is 44.2 Å². The van der Waals surface area contributed by atoms with Crippen LogP contribution >= 0.6 is 22.9 Å². The highest BCUT2D eigenvalue weighted by molar-refractivity contribution is 7.10. The van der Waals surface area contributed by atoms with E-state index >= 15 is 0 Å². The van der Waals surface area contributed by atoms with Gasteiger partial charge in [0, 0.05) is 54.6 Å². The van der Waals surface area contributed by atoms with Crippen LogP contribution in [0.5, 0.6) is 0 Å². The maximum atomic E-state index is 9.15. The maximum Gasteiger partial charge on any atom is 0.0558 e. The van der Waals surface area contributed by atoms with Crippen molar-refractivity contribution in [1.29, 1.82) is 0 Å². The van der Waals surface area contributed by atoms with Gasteiger partial charge in [0.1, 0.15) is 0 Å². The standard InChI is InChI=1S/C20H25ClN2OS/c1-14-10-15(13-25-14)18-12-20(17-3-2-16(21)11-19(17)18)23-6-4-22(5-7-23)8-9-24/h2-3,10-11,13,18,20,24H,4-9,12H2,1H3. The lowest BCUT2D eigenvalue weighted by molar-refractivity contribution is 0.0827. The van der Waals surface area contributed by atoms with Crippen LogP contribution < -0.4 is 0 Å². The Labute approximate surface area is 158 Å². The number of aryl methyl sites for hydroxylation is 1. The Kier molecular flexibility index (Phi) is 5.16. The van der Waals surface area contributed by atoms with Gasteiger partial charge in [-0.1, -0.05) is 17.7 Å². The number of hydrogen-bond donors (Lipinski definition) is 1. The lowest BCUT2D eigenvalue weighted by atomic mass is 9.95. The van der Waals surface area contributed by atoms with E-state index in [0.29, 0.717) is 12.0 Å². The smallest absolute Gasteiger partial charge is 0.0558 e. The molecule has 4 rings (SSSR count). The molecule has 2 heterocycles. The van der Waals surface area contributed by atoms with Crippen molar-refractivity contribution in [3.05, 3.63) is 56.2 Å². The molecule has 1 aromatic heterocycles. The van der Waals surface area contributed by atoms with Gasteiger partial charge in [-0.3, -0.25) is 9.80 Å². The number of aliphatic hydroxyl groups is 1. The predicted molar refractivity (Wildman–Crippen MR) is 105 cm³/mol. The fourth-order valence-corrected chi connectivity index (χ4v) is 5.31. The average Bonchev–Trinajstić information content (AvgIpc) is 3.19. The van der Waals surface area contributed by atoms with E-state index in [1.54, 1.807) is 0 Å². The molecule has 1 aliphatic heterocycles. The summed E-state index contributed by atoms with van der Waals surface area (Å²) < 4.78 is 0. The number of fused-ring (bicyclic) bond motifs is 1. The zero-order valence-corrected chi connectivity index (χ0v) is 16.2. The van der Waals surface area contributed by atoms with Gasteiger partial charge in [-0.2, -0.15) is 0 Å². The minimum atomic E-state index is 0.254. The quantitative estimate of drug-likeness (QED) is 0.876. The minimum Gasteiger partial charge on any atom is -0.395 e. The Hall–Kier alpha value is -0.910. The Morgan fingerprint density at radius 2 is 1.96 bits per heavy atom. The van der Waals surface area contributed by atoms with Crippen molar-refractivity contribution < 1.29 is 5.11 Å². The van der Waals surface area contributed by atoms with Gasteiger partial charge in [-0.05, 0) is 53.6 Å². The molecule has 0 amide bonds. The van der Waals surface area contributed by atoms with E-state index in [1.165, 1.54) is 21.6 Å². The summed E-state index contributed by atoms with van der Waals surface area (Å²) >= 11 is 8.16. The van der Waals surface area contributed by atoms with Crippen LogP contribution in [0.3, 0.4) is 0 Å². The van der Waals surface area contributed by atoms with Crippen molar-refractivity contribution in [2.45, 2.75) is 25.3 Å². The summed E-state index contributed by atoms with van der Waals surface area (Å²) in [5, 5.41) is 12.3. The number of hydrogen-bond acceptors (Lipinski definition) is 4. The Balaban J connectivity index is 1.58. The normalized spacial score (nSPS) is 24.6. The molecule has 2 aliphatic rings. The van der Waals surface area contributed by atoms with Crippen LogP contribution in [-0.4, -0.2) is 54.2 Å². The molecule has 3 nitrogen and oxygen atoms in total. The molecule has 1 N–H and O–H groups in total. The van der Waals surface area contributed by atoms with Crippen LogP contribution in [0, 0.1) is 6.92 Å². The summed E-state index contributed by atoms with van der Waals surface area (Å²) in [6.45, 7) is 7.46. The molecule has 0 saturated carbocycles. The van der Waals surface area contributed by atoms with E-state index in [1.807, 2.05) is 17.4 Å². The lowest BCUT2D eigenvalue weighted by Gasteiger charge is -2.38. The Morgan fingerprint density at radius 3 is 2.64 bits per heavy atom. The van der Waals surface area contributed by atoms with Gasteiger partial charge < -0.3 is 5.11 Å². The second kappa shape index (κ2) is 7.37. The summed E-state index contributed by atoms with van der Waals surface area (Å²) in [7, 11) is 0. The first kappa shape index (κ1) is 17.5. The van der Waals surface area contributed by atoms with E-state index in [-0.39, 0.29) is 6.61 Å². The fourth-order valence-electron chi connectivity index (χ4n) is 4.38. The largest absolute Gasteiger partial charge is 0.395 e. The molecule has 2 aromatic rings. The third kappa shape index (κ3) is 3.51. The highest BCUT2D eigenvalue weighted by atomic mass is 35.5. The van der Waals surface area contributed by atoms with Gasteiger partial charge in [0.05, 0.1) is 6.61 Å². The van der Waals surface area contributed by atoms with Crippen molar-refractivity contribution >= 4 is 22.9 Å². The average molecular weight is 377 g/mol. The van der Waals surface area contributed by atoms with Crippen LogP contribution in [0.25, 0.3) is 0 Å². The minimum absolute atomic E-state index is 0.254. The van der Waals surface area contributed by atoms with E-state index in [9.17, 15) is 0 Å². The molecule has 134 valence electrons. The van der Waals surface area contributed by atoms with Gasteiger partial charge in [0.2, 0.25) is 0 Å². The predicted octanol–water partition coefficient (Wildman–Crippen LogP) is 3.90. The van der Waals surface area contributed by atoms with Crippen molar-refractivity contribution in [1.82, 2.24) is 9.80 Å². The number of halogens is 1. The third-order valence-corrected chi connectivity index (χ3v) is 6.77. The summed E-state index contributed by atoms with van der Waals surface area (Å²) in [5.74, 6) is 0.458. The first-order chi connectivity index (χ1) is 12.2. The molecule has 0 radical (unpaired) electrons. The zero-order valence-electron chi connectivity index (χ0n) is 14.6. The number of aliphatic hydroxyl groups excluding tert-OH is 1. The molecule has 2 unspecified atom stereocenters. The van der Waals surface area contributed by atoms with E-state index in [2.05, 4.69) is 40.3 Å². The molecule has 2 atom stereocenters. The van der Waals surface area contributed by atoms with Gasteiger partial charge in [0.25, 0.3) is 0 Å². The van der Waals surface area contributed by atoms with Crippen LogP contribution in [0.4, 0.5) is 0 Å². The first-order valence-corrected chi connectivity index (χ1v) is 10.3. The number of piperazine rings is 1. The van der Waals surface area contributed by atoms with Gasteiger partial charge in [-0.25, -0.2) is 0 Å². The molecule has 1 aliphatic carbocycles. The SMILES string of the molecule is Cc1cc(C2CC(N3CCN(CCO)CC3)c3ccc(Cl)cc32)cs1. The van der Waals surface area contributed by atoms with Crippen molar-refractivity contribution in [3.8, 4) is 0 Å². The van der Waals surface area contributed by atoms with E-state index < -0.39 is 0 Å². The van der Waals surface area contributed by atoms with Crippen molar-refractivity contribution in [3.63, 3.8) is 0 Å². The first-order valence-electron chi connectivity index (χ1n) is 9.07. The molecule has 0 spiro atoms. The maximum absolute atomic E-state index is 9.15. The van der Waals surface area contributed by atoms with Gasteiger partial charge in [-0.15, -0.1) is 11.3 Å². The van der Waals surface area contributed by atoms with Crippen LogP contribution in [0.1, 0.15) is 39.9 Å². The van der Waals surface area contributed by atoms with Crippen molar-refractivity contribution in [2.24, 2.45) is 0 Å². The summed E-state index contributed by atoms with van der Waals surface area (Å²) in [6, 6.07) is 9.27. The Bertz CT molecular complexity index is 739. The van der Waals surface area contributed by atoms with Crippen LogP contribution in [-0.2, 0) is 0 Å². The monoisotopic (exact) mass is 376 g/mol. The van der Waals surface area contributed by atoms with Crippen LogP contribution in [0.15, 0.2) is 29.6 Å². The summed E-state index contributed by atoms with van der Waals surface area (Å²) in [6.07, 6.45) is 1.14.